The molecule has 0 unspecified atom stereocenters. The molecule has 0 bridgehead atoms. The number of para-hydroxylation sites is 1. The quantitative estimate of drug-likeness (QED) is 0.610. The third-order valence-corrected chi connectivity index (χ3v) is 3.33. The number of benzene rings is 2. The Hall–Kier alpha value is -2.28. The first-order chi connectivity index (χ1) is 8.81. The van der Waals surface area contributed by atoms with Crippen molar-refractivity contribution in [3.05, 3.63) is 66.3 Å². The Morgan fingerprint density at radius 3 is 2.72 bits per heavy atom. The van der Waals surface area contributed by atoms with Crippen LogP contribution in [0.25, 0.3) is 27.9 Å². The van der Waals surface area contributed by atoms with Gasteiger partial charge < -0.3 is 4.98 Å². The SMILES string of the molecule is C=C/C=C\c1c(C)ccc2[nH]c3ccccc3c12. The van der Waals surface area contributed by atoms with Crippen LogP contribution in [-0.2, 0) is 0 Å². The van der Waals surface area contributed by atoms with E-state index in [1.807, 2.05) is 12.2 Å². The van der Waals surface area contributed by atoms with Crippen LogP contribution in [0.2, 0.25) is 0 Å². The largest absolute Gasteiger partial charge is 0.354 e. The maximum atomic E-state index is 3.74. The second-order valence-corrected chi connectivity index (χ2v) is 4.48. The Morgan fingerprint density at radius 1 is 1.06 bits per heavy atom. The van der Waals surface area contributed by atoms with Crippen molar-refractivity contribution in [1.29, 1.82) is 0 Å². The van der Waals surface area contributed by atoms with Crippen LogP contribution < -0.4 is 0 Å². The van der Waals surface area contributed by atoms with Gasteiger partial charge in [0, 0.05) is 21.8 Å². The summed E-state index contributed by atoms with van der Waals surface area (Å²) in [6, 6.07) is 12.7. The summed E-state index contributed by atoms with van der Waals surface area (Å²) in [6.45, 7) is 5.88. The van der Waals surface area contributed by atoms with Crippen molar-refractivity contribution >= 4 is 27.9 Å². The molecule has 2 aromatic carbocycles. The first kappa shape index (κ1) is 10.8. The van der Waals surface area contributed by atoms with Crippen molar-refractivity contribution in [1.82, 2.24) is 4.98 Å². The van der Waals surface area contributed by atoms with Gasteiger partial charge >= 0.3 is 0 Å². The van der Waals surface area contributed by atoms with E-state index in [0.29, 0.717) is 0 Å². The number of allylic oxidation sites excluding steroid dienone is 2. The van der Waals surface area contributed by atoms with Gasteiger partial charge in [0.25, 0.3) is 0 Å². The topological polar surface area (TPSA) is 15.8 Å². The molecule has 1 heteroatoms. The molecule has 0 saturated heterocycles. The number of nitrogens with one attached hydrogen (secondary N) is 1. The molecule has 0 atom stereocenters. The fraction of sp³-hybridized carbons (Fsp3) is 0.0588. The zero-order valence-corrected chi connectivity index (χ0v) is 10.4. The Morgan fingerprint density at radius 2 is 1.89 bits per heavy atom. The van der Waals surface area contributed by atoms with Crippen molar-refractivity contribution in [3.8, 4) is 0 Å². The van der Waals surface area contributed by atoms with E-state index in [1.54, 1.807) is 0 Å². The molecule has 0 fully saturated rings. The minimum Gasteiger partial charge on any atom is -0.354 e. The highest BCUT2D eigenvalue weighted by Gasteiger charge is 2.08. The van der Waals surface area contributed by atoms with Crippen LogP contribution in [0.5, 0.6) is 0 Å². The molecule has 1 N–H and O–H groups in total. The monoisotopic (exact) mass is 233 g/mol. The van der Waals surface area contributed by atoms with Crippen molar-refractivity contribution in [2.24, 2.45) is 0 Å². The summed E-state index contributed by atoms with van der Waals surface area (Å²) in [7, 11) is 0. The molecule has 18 heavy (non-hydrogen) atoms. The van der Waals surface area contributed by atoms with Crippen molar-refractivity contribution in [3.63, 3.8) is 0 Å². The van der Waals surface area contributed by atoms with Crippen LogP contribution in [0.15, 0.2) is 55.1 Å². The number of hydrogen-bond acceptors (Lipinski definition) is 0. The zero-order chi connectivity index (χ0) is 12.5. The second kappa shape index (κ2) is 4.19. The third-order valence-electron chi connectivity index (χ3n) is 3.33. The van der Waals surface area contributed by atoms with E-state index in [-0.39, 0.29) is 0 Å². The molecule has 0 aliphatic heterocycles. The molecule has 3 aromatic rings. The molecule has 88 valence electrons. The Kier molecular flexibility index (Phi) is 2.52. The number of fused-ring (bicyclic) bond motifs is 3. The van der Waals surface area contributed by atoms with E-state index >= 15 is 0 Å². The van der Waals surface area contributed by atoms with Crippen LogP contribution in [0.1, 0.15) is 11.1 Å². The van der Waals surface area contributed by atoms with Gasteiger partial charge in [-0.2, -0.15) is 0 Å². The zero-order valence-electron chi connectivity index (χ0n) is 10.4. The second-order valence-electron chi connectivity index (χ2n) is 4.48. The molecule has 0 radical (unpaired) electrons. The summed E-state index contributed by atoms with van der Waals surface area (Å²) in [5, 5.41) is 2.57. The van der Waals surface area contributed by atoms with Gasteiger partial charge in [-0.15, -0.1) is 0 Å². The van der Waals surface area contributed by atoms with Crippen LogP contribution in [0.3, 0.4) is 0 Å². The van der Waals surface area contributed by atoms with Crippen molar-refractivity contribution < 1.29 is 0 Å². The first-order valence-electron chi connectivity index (χ1n) is 6.10. The molecular weight excluding hydrogens is 218 g/mol. The fourth-order valence-electron chi connectivity index (χ4n) is 2.45. The van der Waals surface area contributed by atoms with E-state index in [9.17, 15) is 0 Å². The van der Waals surface area contributed by atoms with Crippen LogP contribution in [-0.4, -0.2) is 4.98 Å². The van der Waals surface area contributed by atoms with Gasteiger partial charge in [-0.05, 0) is 30.2 Å². The summed E-state index contributed by atoms with van der Waals surface area (Å²) < 4.78 is 0. The lowest BCUT2D eigenvalue weighted by Gasteiger charge is -2.03. The molecule has 1 heterocycles. The lowest BCUT2D eigenvalue weighted by Crippen LogP contribution is -1.82. The molecule has 1 nitrogen and oxygen atoms in total. The summed E-state index contributed by atoms with van der Waals surface area (Å²) >= 11 is 0. The molecular formula is C17H15N. The van der Waals surface area contributed by atoms with E-state index in [0.717, 1.165) is 0 Å². The Bertz CT molecular complexity index is 760. The molecule has 0 spiro atoms. The highest BCUT2D eigenvalue weighted by atomic mass is 14.7. The van der Waals surface area contributed by atoms with Gasteiger partial charge in [-0.1, -0.05) is 49.1 Å². The Balaban J connectivity index is 2.47. The van der Waals surface area contributed by atoms with E-state index in [2.05, 4.69) is 61.0 Å². The molecule has 0 saturated carbocycles. The molecule has 3 rings (SSSR count). The van der Waals surface area contributed by atoms with Gasteiger partial charge in [-0.25, -0.2) is 0 Å². The molecule has 1 aromatic heterocycles. The number of H-pyrrole nitrogens is 1. The smallest absolute Gasteiger partial charge is 0.0471 e. The maximum Gasteiger partial charge on any atom is 0.0471 e. The highest BCUT2D eigenvalue weighted by molar-refractivity contribution is 6.11. The number of aromatic amines is 1. The summed E-state index contributed by atoms with van der Waals surface area (Å²) in [4.78, 5) is 3.46. The fourth-order valence-corrected chi connectivity index (χ4v) is 2.45. The molecule has 0 aliphatic rings. The number of hydrogen-bond donors (Lipinski definition) is 1. The van der Waals surface area contributed by atoms with Gasteiger partial charge in [0.1, 0.15) is 0 Å². The lowest BCUT2D eigenvalue weighted by molar-refractivity contribution is 1.46. The maximum absolute atomic E-state index is 3.74. The van der Waals surface area contributed by atoms with Gasteiger partial charge in [-0.3, -0.25) is 0 Å². The highest BCUT2D eigenvalue weighted by Crippen LogP contribution is 2.30. The van der Waals surface area contributed by atoms with Crippen molar-refractivity contribution in [2.45, 2.75) is 6.92 Å². The van der Waals surface area contributed by atoms with Crippen LogP contribution in [0.4, 0.5) is 0 Å². The summed E-state index contributed by atoms with van der Waals surface area (Å²) in [5.74, 6) is 0. The first-order valence-corrected chi connectivity index (χ1v) is 6.10. The minimum atomic E-state index is 1.19. The Labute approximate surface area is 106 Å². The number of aromatic nitrogens is 1. The predicted molar refractivity (Wildman–Crippen MR) is 79.8 cm³/mol. The van der Waals surface area contributed by atoms with Crippen LogP contribution in [0, 0.1) is 6.92 Å². The standard InChI is InChI=1S/C17H15N/c1-3-4-7-13-12(2)10-11-16-17(13)14-8-5-6-9-15(14)18-16/h3-11,18H,1H2,2H3/b7-4-. The average Bonchev–Trinajstić information content (AvgIpc) is 2.76. The third kappa shape index (κ3) is 1.56. The van der Waals surface area contributed by atoms with E-state index in [1.165, 1.54) is 32.9 Å². The van der Waals surface area contributed by atoms with Gasteiger partial charge in [0.05, 0.1) is 0 Å². The molecule has 0 amide bonds. The average molecular weight is 233 g/mol. The predicted octanol–water partition coefficient (Wildman–Crippen LogP) is 4.83. The molecule has 0 aliphatic carbocycles. The summed E-state index contributed by atoms with van der Waals surface area (Å²) in [6.07, 6.45) is 5.93. The van der Waals surface area contributed by atoms with E-state index < -0.39 is 0 Å². The van der Waals surface area contributed by atoms with Gasteiger partial charge in [0.15, 0.2) is 0 Å². The summed E-state index contributed by atoms with van der Waals surface area (Å²) in [5.41, 5.74) is 4.92. The van der Waals surface area contributed by atoms with Gasteiger partial charge in [0.2, 0.25) is 0 Å². The van der Waals surface area contributed by atoms with Crippen LogP contribution >= 0.6 is 0 Å². The normalized spacial score (nSPS) is 11.6. The minimum absolute atomic E-state index is 1.19. The van der Waals surface area contributed by atoms with E-state index in [4.69, 9.17) is 0 Å². The number of aryl methyl sites for hydroxylation is 1. The van der Waals surface area contributed by atoms with Crippen molar-refractivity contribution in [2.75, 3.05) is 0 Å². The number of rotatable bonds is 2. The lowest BCUT2D eigenvalue weighted by atomic mass is 10.0.